The number of fused-ring (bicyclic) bond motifs is 1. The molecule has 2 N–H and O–H groups in total. The van der Waals surface area contributed by atoms with Crippen molar-refractivity contribution in [1.82, 2.24) is 10.2 Å². The standard InChI is InChI=1S/C13H11Cl2N3O/c14-7-4-8(15)6-9(5-7)16-13(19)12-10-2-1-3-11(10)17-18-12/h4-6H,1-3H2,(H,16,19)(H,17,18). The molecule has 1 heterocycles. The molecule has 0 aliphatic heterocycles. The highest BCUT2D eigenvalue weighted by molar-refractivity contribution is 6.35. The first-order valence-corrected chi connectivity index (χ1v) is 6.72. The summed E-state index contributed by atoms with van der Waals surface area (Å²) in [4.78, 5) is 12.2. The zero-order valence-corrected chi connectivity index (χ0v) is 11.5. The van der Waals surface area contributed by atoms with Gasteiger partial charge in [-0.2, -0.15) is 5.10 Å². The summed E-state index contributed by atoms with van der Waals surface area (Å²) < 4.78 is 0. The van der Waals surface area contributed by atoms with Crippen molar-refractivity contribution in [3.05, 3.63) is 45.2 Å². The number of aryl methyl sites for hydroxylation is 1. The van der Waals surface area contributed by atoms with Crippen molar-refractivity contribution in [2.24, 2.45) is 0 Å². The smallest absolute Gasteiger partial charge is 0.276 e. The number of carbonyl (C=O) groups excluding carboxylic acids is 1. The van der Waals surface area contributed by atoms with Crippen LogP contribution in [0.4, 0.5) is 5.69 Å². The molecule has 0 bridgehead atoms. The zero-order valence-electron chi connectivity index (χ0n) is 9.96. The number of aromatic amines is 1. The third-order valence-corrected chi connectivity index (χ3v) is 3.58. The van der Waals surface area contributed by atoms with Crippen LogP contribution in [0, 0.1) is 0 Å². The average molecular weight is 296 g/mol. The molecular formula is C13H11Cl2N3O. The number of rotatable bonds is 2. The molecule has 19 heavy (non-hydrogen) atoms. The Hall–Kier alpha value is -1.52. The molecule has 6 heteroatoms. The fourth-order valence-corrected chi connectivity index (χ4v) is 2.85. The molecule has 0 saturated carbocycles. The summed E-state index contributed by atoms with van der Waals surface area (Å²) in [5.41, 5.74) is 3.11. The van der Waals surface area contributed by atoms with E-state index in [0.717, 1.165) is 30.5 Å². The number of benzene rings is 1. The number of hydrogen-bond donors (Lipinski definition) is 2. The van der Waals surface area contributed by atoms with Crippen molar-refractivity contribution >= 4 is 34.8 Å². The first-order chi connectivity index (χ1) is 9.13. The van der Waals surface area contributed by atoms with Gasteiger partial charge in [-0.1, -0.05) is 23.2 Å². The number of anilines is 1. The van der Waals surface area contributed by atoms with Crippen LogP contribution in [-0.2, 0) is 12.8 Å². The minimum atomic E-state index is -0.238. The van der Waals surface area contributed by atoms with E-state index in [1.54, 1.807) is 18.2 Å². The van der Waals surface area contributed by atoms with Crippen molar-refractivity contribution in [2.45, 2.75) is 19.3 Å². The summed E-state index contributed by atoms with van der Waals surface area (Å²) in [5, 5.41) is 10.7. The molecule has 0 unspecified atom stereocenters. The van der Waals surface area contributed by atoms with Crippen molar-refractivity contribution in [1.29, 1.82) is 0 Å². The van der Waals surface area contributed by atoms with E-state index >= 15 is 0 Å². The monoisotopic (exact) mass is 295 g/mol. The molecular weight excluding hydrogens is 285 g/mol. The minimum absolute atomic E-state index is 0.238. The number of aromatic nitrogens is 2. The Balaban J connectivity index is 1.84. The van der Waals surface area contributed by atoms with Crippen LogP contribution < -0.4 is 5.32 Å². The van der Waals surface area contributed by atoms with Crippen molar-refractivity contribution in [2.75, 3.05) is 5.32 Å². The Labute approximate surface area is 120 Å². The maximum absolute atomic E-state index is 12.2. The zero-order chi connectivity index (χ0) is 13.4. The van der Waals surface area contributed by atoms with Gasteiger partial charge in [0, 0.05) is 27.0 Å². The highest BCUT2D eigenvalue weighted by Gasteiger charge is 2.23. The molecule has 1 aromatic carbocycles. The molecule has 98 valence electrons. The van der Waals surface area contributed by atoms with Crippen LogP contribution in [0.1, 0.15) is 28.2 Å². The maximum atomic E-state index is 12.2. The molecule has 0 atom stereocenters. The molecule has 1 aliphatic rings. The number of nitrogens with one attached hydrogen (secondary N) is 2. The number of halogens is 2. The molecule has 0 fully saturated rings. The summed E-state index contributed by atoms with van der Waals surface area (Å²) in [6, 6.07) is 4.92. The lowest BCUT2D eigenvalue weighted by molar-refractivity contribution is 0.102. The van der Waals surface area contributed by atoms with E-state index in [9.17, 15) is 4.79 Å². The van der Waals surface area contributed by atoms with E-state index in [4.69, 9.17) is 23.2 Å². The highest BCUT2D eigenvalue weighted by Crippen LogP contribution is 2.25. The summed E-state index contributed by atoms with van der Waals surface area (Å²) in [5.74, 6) is -0.238. The van der Waals surface area contributed by atoms with Gasteiger partial charge in [0.05, 0.1) is 0 Å². The molecule has 1 aliphatic carbocycles. The van der Waals surface area contributed by atoms with Gasteiger partial charge in [0.2, 0.25) is 0 Å². The van der Waals surface area contributed by atoms with Crippen molar-refractivity contribution in [3.63, 3.8) is 0 Å². The van der Waals surface area contributed by atoms with E-state index in [1.807, 2.05) is 0 Å². The lowest BCUT2D eigenvalue weighted by atomic mass is 10.2. The van der Waals surface area contributed by atoms with Gasteiger partial charge >= 0.3 is 0 Å². The number of H-pyrrole nitrogens is 1. The van der Waals surface area contributed by atoms with E-state index in [-0.39, 0.29) is 5.91 Å². The first-order valence-electron chi connectivity index (χ1n) is 5.97. The Morgan fingerprint density at radius 3 is 2.68 bits per heavy atom. The lowest BCUT2D eigenvalue weighted by Gasteiger charge is -2.05. The van der Waals surface area contributed by atoms with Gasteiger partial charge < -0.3 is 5.32 Å². The molecule has 1 amide bonds. The maximum Gasteiger partial charge on any atom is 0.276 e. The average Bonchev–Trinajstić information content (AvgIpc) is 2.87. The predicted molar refractivity (Wildman–Crippen MR) is 75.0 cm³/mol. The molecule has 0 spiro atoms. The fraction of sp³-hybridized carbons (Fsp3) is 0.231. The largest absolute Gasteiger partial charge is 0.320 e. The highest BCUT2D eigenvalue weighted by atomic mass is 35.5. The normalized spacial score (nSPS) is 13.4. The van der Waals surface area contributed by atoms with Crippen LogP contribution in [0.2, 0.25) is 10.0 Å². The van der Waals surface area contributed by atoms with Gasteiger partial charge in [0.15, 0.2) is 5.69 Å². The van der Waals surface area contributed by atoms with Crippen LogP contribution >= 0.6 is 23.2 Å². The van der Waals surface area contributed by atoms with Crippen LogP contribution in [0.15, 0.2) is 18.2 Å². The van der Waals surface area contributed by atoms with E-state index in [2.05, 4.69) is 15.5 Å². The van der Waals surface area contributed by atoms with Gasteiger partial charge in [0.25, 0.3) is 5.91 Å². The summed E-state index contributed by atoms with van der Waals surface area (Å²) in [6.07, 6.45) is 2.91. The Morgan fingerprint density at radius 2 is 1.95 bits per heavy atom. The van der Waals surface area contributed by atoms with Gasteiger partial charge in [-0.15, -0.1) is 0 Å². The van der Waals surface area contributed by atoms with Gasteiger partial charge in [-0.3, -0.25) is 9.89 Å². The summed E-state index contributed by atoms with van der Waals surface area (Å²) in [7, 11) is 0. The SMILES string of the molecule is O=C(Nc1cc(Cl)cc(Cl)c1)c1n[nH]c2c1CCC2. The first kappa shape index (κ1) is 12.5. The predicted octanol–water partition coefficient (Wildman–Crippen LogP) is 3.46. The summed E-state index contributed by atoms with van der Waals surface area (Å²) >= 11 is 11.8. The summed E-state index contributed by atoms with van der Waals surface area (Å²) in [6.45, 7) is 0. The van der Waals surface area contributed by atoms with Crippen LogP contribution in [0.3, 0.4) is 0 Å². The van der Waals surface area contributed by atoms with Gasteiger partial charge in [-0.25, -0.2) is 0 Å². The Morgan fingerprint density at radius 1 is 1.21 bits per heavy atom. The number of nitrogens with zero attached hydrogens (tertiary/aromatic N) is 1. The van der Waals surface area contributed by atoms with E-state index < -0.39 is 0 Å². The van der Waals surface area contributed by atoms with Crippen LogP contribution in [0.25, 0.3) is 0 Å². The number of hydrogen-bond acceptors (Lipinski definition) is 2. The number of amides is 1. The van der Waals surface area contributed by atoms with Gasteiger partial charge in [-0.05, 0) is 37.5 Å². The molecule has 1 aromatic heterocycles. The second-order valence-electron chi connectivity index (χ2n) is 4.50. The third-order valence-electron chi connectivity index (χ3n) is 3.14. The topological polar surface area (TPSA) is 57.8 Å². The van der Waals surface area contributed by atoms with Crippen molar-refractivity contribution < 1.29 is 4.79 Å². The molecule has 4 nitrogen and oxygen atoms in total. The second kappa shape index (κ2) is 4.87. The minimum Gasteiger partial charge on any atom is -0.320 e. The van der Waals surface area contributed by atoms with Crippen LogP contribution in [0.5, 0.6) is 0 Å². The third kappa shape index (κ3) is 2.46. The molecule has 2 aromatic rings. The quantitative estimate of drug-likeness (QED) is 0.891. The fourth-order valence-electron chi connectivity index (χ4n) is 2.32. The van der Waals surface area contributed by atoms with E-state index in [1.165, 1.54) is 0 Å². The number of carbonyl (C=O) groups is 1. The second-order valence-corrected chi connectivity index (χ2v) is 5.37. The van der Waals surface area contributed by atoms with Crippen LogP contribution in [-0.4, -0.2) is 16.1 Å². The lowest BCUT2D eigenvalue weighted by Crippen LogP contribution is -2.14. The molecule has 3 rings (SSSR count). The van der Waals surface area contributed by atoms with E-state index in [0.29, 0.717) is 21.4 Å². The van der Waals surface area contributed by atoms with Gasteiger partial charge in [0.1, 0.15) is 0 Å². The van der Waals surface area contributed by atoms with Crippen molar-refractivity contribution in [3.8, 4) is 0 Å². The molecule has 0 radical (unpaired) electrons. The Kier molecular flexibility index (Phi) is 3.21. The molecule has 0 saturated heterocycles. The Bertz CT molecular complexity index is 631.